The van der Waals surface area contributed by atoms with Crippen LogP contribution in [0.2, 0.25) is 0 Å². The highest BCUT2D eigenvalue weighted by Crippen LogP contribution is 2.35. The van der Waals surface area contributed by atoms with Crippen molar-refractivity contribution in [3.05, 3.63) is 41.5 Å². The molecule has 0 radical (unpaired) electrons. The number of carbonyl (C=O) groups excluding carboxylic acids is 2. The maximum absolute atomic E-state index is 12.6. The Morgan fingerprint density at radius 2 is 1.57 bits per heavy atom. The molecule has 0 aromatic heterocycles. The van der Waals surface area contributed by atoms with Crippen LogP contribution >= 0.6 is 0 Å². The van der Waals surface area contributed by atoms with E-state index in [0.717, 1.165) is 16.5 Å². The van der Waals surface area contributed by atoms with E-state index in [2.05, 4.69) is 0 Å². The number of rotatable bonds is 2. The molecule has 1 heterocycles. The summed E-state index contributed by atoms with van der Waals surface area (Å²) in [4.78, 5) is 28.6. The third-order valence-electron chi connectivity index (χ3n) is 3.91. The number of hydrogen-bond acceptors (Lipinski definition) is 3. The van der Waals surface area contributed by atoms with Gasteiger partial charge in [0.15, 0.2) is 0 Å². The van der Waals surface area contributed by atoms with E-state index in [1.807, 2.05) is 57.1 Å². The van der Waals surface area contributed by atoms with E-state index in [1.165, 1.54) is 4.90 Å². The van der Waals surface area contributed by atoms with E-state index in [4.69, 9.17) is 0 Å². The zero-order chi connectivity index (χ0) is 15.3. The predicted molar refractivity (Wildman–Crippen MR) is 83.9 cm³/mol. The normalized spacial score (nSPS) is 14.2. The zero-order valence-corrected chi connectivity index (χ0v) is 12.7. The van der Waals surface area contributed by atoms with Gasteiger partial charge in [-0.1, -0.05) is 12.1 Å². The largest absolute Gasteiger partial charge is 0.377 e. The van der Waals surface area contributed by atoms with E-state index in [0.29, 0.717) is 11.1 Å². The molecule has 1 aliphatic heterocycles. The number of anilines is 1. The van der Waals surface area contributed by atoms with E-state index in [-0.39, 0.29) is 17.9 Å². The molecule has 0 unspecified atom stereocenters. The molecule has 2 amide bonds. The topological polar surface area (TPSA) is 40.6 Å². The summed E-state index contributed by atoms with van der Waals surface area (Å²) in [7, 11) is 3.91. The smallest absolute Gasteiger partial charge is 0.261 e. The fourth-order valence-electron chi connectivity index (χ4n) is 2.96. The molecular weight excluding hydrogens is 264 g/mol. The summed E-state index contributed by atoms with van der Waals surface area (Å²) >= 11 is 0. The molecule has 21 heavy (non-hydrogen) atoms. The Balaban J connectivity index is 2.38. The molecule has 1 aliphatic rings. The number of imide groups is 1. The van der Waals surface area contributed by atoms with Crippen molar-refractivity contribution < 1.29 is 9.59 Å². The predicted octanol–water partition coefficient (Wildman–Crippen LogP) is 2.91. The second-order valence-corrected chi connectivity index (χ2v) is 5.83. The molecule has 108 valence electrons. The number of benzene rings is 2. The summed E-state index contributed by atoms with van der Waals surface area (Å²) in [5.74, 6) is -0.409. The number of carbonyl (C=O) groups is 2. The van der Waals surface area contributed by atoms with Gasteiger partial charge in [-0.25, -0.2) is 0 Å². The van der Waals surface area contributed by atoms with Crippen molar-refractivity contribution in [2.24, 2.45) is 0 Å². The van der Waals surface area contributed by atoms with Crippen LogP contribution in [0.5, 0.6) is 0 Å². The molecule has 2 aromatic carbocycles. The minimum Gasteiger partial charge on any atom is -0.377 e. The average Bonchev–Trinajstić information content (AvgIpc) is 2.43. The summed E-state index contributed by atoms with van der Waals surface area (Å²) in [6, 6.07) is 9.25. The monoisotopic (exact) mass is 282 g/mol. The Morgan fingerprint density at radius 3 is 2.14 bits per heavy atom. The Bertz CT molecular complexity index is 740. The molecule has 4 nitrogen and oxygen atoms in total. The summed E-state index contributed by atoms with van der Waals surface area (Å²) < 4.78 is 0. The standard InChI is InChI=1S/C17H18N2O2/c1-10(2)19-16(20)12-7-5-6-11-14(18(3)4)9-8-13(15(11)12)17(19)21/h5-10H,1-4H3. The lowest BCUT2D eigenvalue weighted by atomic mass is 9.92. The van der Waals surface area contributed by atoms with Crippen LogP contribution in [0.4, 0.5) is 5.69 Å². The van der Waals surface area contributed by atoms with E-state index in [9.17, 15) is 9.59 Å². The second-order valence-electron chi connectivity index (χ2n) is 5.83. The van der Waals surface area contributed by atoms with Gasteiger partial charge < -0.3 is 4.90 Å². The zero-order valence-electron chi connectivity index (χ0n) is 12.7. The third kappa shape index (κ3) is 1.82. The lowest BCUT2D eigenvalue weighted by Crippen LogP contribution is -2.44. The van der Waals surface area contributed by atoms with Gasteiger partial charge in [-0.3, -0.25) is 14.5 Å². The van der Waals surface area contributed by atoms with Gasteiger partial charge >= 0.3 is 0 Å². The molecule has 0 saturated carbocycles. The Kier molecular flexibility index (Phi) is 2.97. The van der Waals surface area contributed by atoms with Gasteiger partial charge in [0.1, 0.15) is 0 Å². The molecule has 4 heteroatoms. The Morgan fingerprint density at radius 1 is 0.952 bits per heavy atom. The van der Waals surface area contributed by atoms with Crippen molar-refractivity contribution >= 4 is 28.3 Å². The second kappa shape index (κ2) is 4.58. The van der Waals surface area contributed by atoms with Crippen molar-refractivity contribution in [1.82, 2.24) is 4.90 Å². The summed E-state index contributed by atoms with van der Waals surface area (Å²) in [6.45, 7) is 3.71. The van der Waals surface area contributed by atoms with Crippen LogP contribution in [0.25, 0.3) is 10.8 Å². The minimum absolute atomic E-state index is 0.151. The number of nitrogens with zero attached hydrogens (tertiary/aromatic N) is 2. The lowest BCUT2D eigenvalue weighted by Gasteiger charge is -2.31. The van der Waals surface area contributed by atoms with Crippen LogP contribution in [-0.4, -0.2) is 36.9 Å². The molecule has 3 rings (SSSR count). The van der Waals surface area contributed by atoms with Crippen molar-refractivity contribution in [3.63, 3.8) is 0 Å². The van der Waals surface area contributed by atoms with Gasteiger partial charge in [0.25, 0.3) is 11.8 Å². The fourth-order valence-corrected chi connectivity index (χ4v) is 2.96. The van der Waals surface area contributed by atoms with Crippen LogP contribution in [0.15, 0.2) is 30.3 Å². The molecule has 2 aromatic rings. The first-order valence-electron chi connectivity index (χ1n) is 7.04. The molecule has 0 fully saturated rings. The third-order valence-corrected chi connectivity index (χ3v) is 3.91. The minimum atomic E-state index is -0.205. The highest BCUT2D eigenvalue weighted by Gasteiger charge is 2.34. The van der Waals surface area contributed by atoms with Crippen LogP contribution in [0.3, 0.4) is 0 Å². The maximum atomic E-state index is 12.6. The molecule has 0 saturated heterocycles. The van der Waals surface area contributed by atoms with Gasteiger partial charge in [0.2, 0.25) is 0 Å². The van der Waals surface area contributed by atoms with Crippen molar-refractivity contribution in [2.45, 2.75) is 19.9 Å². The first-order valence-corrected chi connectivity index (χ1v) is 7.04. The van der Waals surface area contributed by atoms with Gasteiger partial charge in [-0.2, -0.15) is 0 Å². The molecule has 0 spiro atoms. The van der Waals surface area contributed by atoms with Crippen LogP contribution in [0, 0.1) is 0 Å². The van der Waals surface area contributed by atoms with Gasteiger partial charge in [0.05, 0.1) is 0 Å². The van der Waals surface area contributed by atoms with Crippen molar-refractivity contribution in [3.8, 4) is 0 Å². The summed E-state index contributed by atoms with van der Waals surface area (Å²) in [5.41, 5.74) is 2.23. The van der Waals surface area contributed by atoms with E-state index < -0.39 is 0 Å². The maximum Gasteiger partial charge on any atom is 0.261 e. The van der Waals surface area contributed by atoms with Crippen LogP contribution in [-0.2, 0) is 0 Å². The van der Waals surface area contributed by atoms with Crippen molar-refractivity contribution in [1.29, 1.82) is 0 Å². The lowest BCUT2D eigenvalue weighted by molar-refractivity contribution is 0.0564. The van der Waals surface area contributed by atoms with Crippen LogP contribution in [0.1, 0.15) is 34.6 Å². The van der Waals surface area contributed by atoms with E-state index in [1.54, 1.807) is 6.07 Å². The van der Waals surface area contributed by atoms with Gasteiger partial charge in [0, 0.05) is 47.7 Å². The van der Waals surface area contributed by atoms with E-state index >= 15 is 0 Å². The SMILES string of the molecule is CC(C)N1C(=O)c2cccc3c(N(C)C)ccc(c23)C1=O. The molecule has 0 atom stereocenters. The Labute approximate surface area is 124 Å². The van der Waals surface area contributed by atoms with Crippen molar-refractivity contribution in [2.75, 3.05) is 19.0 Å². The number of hydrogen-bond donors (Lipinski definition) is 0. The first kappa shape index (κ1) is 13.6. The molecule has 0 bridgehead atoms. The molecule has 0 N–H and O–H groups in total. The highest BCUT2D eigenvalue weighted by molar-refractivity contribution is 6.26. The quantitative estimate of drug-likeness (QED) is 0.795. The van der Waals surface area contributed by atoms with Crippen LogP contribution < -0.4 is 4.90 Å². The summed E-state index contributed by atoms with van der Waals surface area (Å²) in [6.07, 6.45) is 0. The Hall–Kier alpha value is -2.36. The summed E-state index contributed by atoms with van der Waals surface area (Å²) in [5, 5.41) is 1.72. The fraction of sp³-hybridized carbons (Fsp3) is 0.294. The molecular formula is C17H18N2O2. The average molecular weight is 282 g/mol. The first-order chi connectivity index (χ1) is 9.93. The number of amides is 2. The van der Waals surface area contributed by atoms with Gasteiger partial charge in [-0.05, 0) is 32.0 Å². The molecule has 0 aliphatic carbocycles. The highest BCUT2D eigenvalue weighted by atomic mass is 16.2. The van der Waals surface area contributed by atoms with Gasteiger partial charge in [-0.15, -0.1) is 0 Å².